The number of nitrogens with two attached hydrogens (primary N) is 2. The van der Waals surface area contributed by atoms with Crippen LogP contribution in [0.2, 0.25) is 0 Å². The summed E-state index contributed by atoms with van der Waals surface area (Å²) in [7, 11) is 0. The fraction of sp³-hybridized carbons (Fsp3) is 0.500. The van der Waals surface area contributed by atoms with Gasteiger partial charge in [-0.05, 0) is 18.1 Å². The number of aliphatic hydroxyl groups excluding tert-OH is 1. The van der Waals surface area contributed by atoms with Crippen molar-refractivity contribution in [3.63, 3.8) is 0 Å². The Bertz CT molecular complexity index is 301. The number of hydrogen-bond donors (Lipinski definition) is 3. The highest BCUT2D eigenvalue weighted by atomic mass is 16.3. The van der Waals surface area contributed by atoms with E-state index in [9.17, 15) is 5.11 Å². The van der Waals surface area contributed by atoms with Crippen LogP contribution in [-0.2, 0) is 0 Å². The van der Waals surface area contributed by atoms with Crippen molar-refractivity contribution < 1.29 is 5.11 Å². The number of aliphatic hydroxyl groups is 1. The van der Waals surface area contributed by atoms with Crippen LogP contribution in [0, 0.1) is 5.92 Å². The van der Waals surface area contributed by atoms with Gasteiger partial charge >= 0.3 is 0 Å². The molecule has 0 bridgehead atoms. The summed E-state index contributed by atoms with van der Waals surface area (Å²) in [6, 6.07) is 4.85. The van der Waals surface area contributed by atoms with Gasteiger partial charge in [-0.2, -0.15) is 0 Å². The molecule has 0 aliphatic rings. The van der Waals surface area contributed by atoms with E-state index < -0.39 is 6.10 Å². The third-order valence-electron chi connectivity index (χ3n) is 2.23. The number of aromatic nitrogens is 1. The van der Waals surface area contributed by atoms with Gasteiger partial charge in [0.25, 0.3) is 0 Å². The fourth-order valence-corrected chi connectivity index (χ4v) is 1.20. The number of pyridine rings is 1. The van der Waals surface area contributed by atoms with Crippen molar-refractivity contribution in [1.82, 2.24) is 4.98 Å². The van der Waals surface area contributed by atoms with Crippen LogP contribution in [-0.4, -0.2) is 16.1 Å². The molecular formula is C10H17N3O. The molecule has 0 saturated heterocycles. The summed E-state index contributed by atoms with van der Waals surface area (Å²) in [5.74, 6) is 0.603. The molecule has 1 heterocycles. The second kappa shape index (κ2) is 4.39. The van der Waals surface area contributed by atoms with Crippen molar-refractivity contribution >= 4 is 5.82 Å². The molecule has 1 aromatic rings. The van der Waals surface area contributed by atoms with Crippen molar-refractivity contribution in [2.75, 3.05) is 5.73 Å². The number of rotatable bonds is 3. The summed E-state index contributed by atoms with van der Waals surface area (Å²) >= 11 is 0. The zero-order valence-electron chi connectivity index (χ0n) is 8.51. The normalized spacial score (nSPS) is 15.5. The second-order valence-electron chi connectivity index (χ2n) is 3.75. The molecule has 14 heavy (non-hydrogen) atoms. The van der Waals surface area contributed by atoms with Gasteiger partial charge in [0.15, 0.2) is 0 Å². The highest BCUT2D eigenvalue weighted by Gasteiger charge is 2.20. The van der Waals surface area contributed by atoms with Crippen LogP contribution in [0.1, 0.15) is 25.6 Å². The van der Waals surface area contributed by atoms with Gasteiger partial charge < -0.3 is 16.6 Å². The van der Waals surface area contributed by atoms with E-state index in [1.165, 1.54) is 0 Å². The SMILES string of the molecule is CC(C)[C@H](N)[C@H](O)c1cccc(N)n1. The zero-order chi connectivity index (χ0) is 10.7. The van der Waals surface area contributed by atoms with Gasteiger partial charge in [-0.25, -0.2) is 4.98 Å². The van der Waals surface area contributed by atoms with Crippen LogP contribution in [0.15, 0.2) is 18.2 Å². The molecule has 4 nitrogen and oxygen atoms in total. The molecule has 0 radical (unpaired) electrons. The van der Waals surface area contributed by atoms with E-state index >= 15 is 0 Å². The maximum absolute atomic E-state index is 9.84. The Labute approximate surface area is 83.9 Å². The highest BCUT2D eigenvalue weighted by Crippen LogP contribution is 2.18. The molecule has 0 aliphatic carbocycles. The minimum Gasteiger partial charge on any atom is -0.385 e. The number of nitrogens with zero attached hydrogens (tertiary/aromatic N) is 1. The lowest BCUT2D eigenvalue weighted by molar-refractivity contribution is 0.122. The van der Waals surface area contributed by atoms with Gasteiger partial charge in [-0.3, -0.25) is 0 Å². The number of anilines is 1. The van der Waals surface area contributed by atoms with Crippen LogP contribution in [0.4, 0.5) is 5.82 Å². The Morgan fingerprint density at radius 3 is 2.50 bits per heavy atom. The quantitative estimate of drug-likeness (QED) is 0.662. The van der Waals surface area contributed by atoms with Crippen molar-refractivity contribution in [2.45, 2.75) is 26.0 Å². The molecular weight excluding hydrogens is 178 g/mol. The van der Waals surface area contributed by atoms with Crippen LogP contribution < -0.4 is 11.5 Å². The largest absolute Gasteiger partial charge is 0.385 e. The predicted octanol–water partition coefficient (Wildman–Crippen LogP) is 0.680. The summed E-state index contributed by atoms with van der Waals surface area (Å²) in [6.45, 7) is 3.92. The number of nitrogen functional groups attached to an aromatic ring is 1. The molecule has 5 N–H and O–H groups in total. The second-order valence-corrected chi connectivity index (χ2v) is 3.75. The Balaban J connectivity index is 2.83. The maximum atomic E-state index is 9.84. The minimum absolute atomic E-state index is 0.202. The zero-order valence-corrected chi connectivity index (χ0v) is 8.51. The molecule has 0 amide bonds. The lowest BCUT2D eigenvalue weighted by atomic mass is 9.97. The van der Waals surface area contributed by atoms with Crippen LogP contribution in [0.3, 0.4) is 0 Å². The lowest BCUT2D eigenvalue weighted by Gasteiger charge is -2.21. The van der Waals surface area contributed by atoms with Crippen molar-refractivity contribution in [2.24, 2.45) is 11.7 Å². The van der Waals surface area contributed by atoms with E-state index in [1.54, 1.807) is 18.2 Å². The van der Waals surface area contributed by atoms with E-state index in [0.29, 0.717) is 11.5 Å². The standard InChI is InChI=1S/C10H17N3O/c1-6(2)9(12)10(14)7-4-3-5-8(11)13-7/h3-6,9-10,14H,12H2,1-2H3,(H2,11,13)/t9-,10+/m0/s1. The van der Waals surface area contributed by atoms with Gasteiger partial charge in [0.05, 0.1) is 5.69 Å². The minimum atomic E-state index is -0.751. The van der Waals surface area contributed by atoms with E-state index in [-0.39, 0.29) is 12.0 Å². The maximum Gasteiger partial charge on any atom is 0.123 e. The van der Waals surface area contributed by atoms with E-state index in [2.05, 4.69) is 4.98 Å². The van der Waals surface area contributed by atoms with E-state index in [4.69, 9.17) is 11.5 Å². The van der Waals surface area contributed by atoms with Crippen LogP contribution in [0.25, 0.3) is 0 Å². The van der Waals surface area contributed by atoms with Crippen LogP contribution in [0.5, 0.6) is 0 Å². The van der Waals surface area contributed by atoms with E-state index in [0.717, 1.165) is 0 Å². The fourth-order valence-electron chi connectivity index (χ4n) is 1.20. The molecule has 0 unspecified atom stereocenters. The molecule has 2 atom stereocenters. The smallest absolute Gasteiger partial charge is 0.123 e. The molecule has 0 aromatic carbocycles. The van der Waals surface area contributed by atoms with Crippen molar-refractivity contribution in [1.29, 1.82) is 0 Å². The molecule has 0 fully saturated rings. The Hall–Kier alpha value is -1.13. The molecule has 0 spiro atoms. The number of hydrogen-bond acceptors (Lipinski definition) is 4. The average Bonchev–Trinajstić information content (AvgIpc) is 2.15. The lowest BCUT2D eigenvalue weighted by Crippen LogP contribution is -2.34. The summed E-state index contributed by atoms with van der Waals surface area (Å²) in [4.78, 5) is 4.02. The Morgan fingerprint density at radius 1 is 1.36 bits per heavy atom. The summed E-state index contributed by atoms with van der Waals surface area (Å²) in [6.07, 6.45) is -0.751. The van der Waals surface area contributed by atoms with Crippen molar-refractivity contribution in [3.8, 4) is 0 Å². The summed E-state index contributed by atoms with van der Waals surface area (Å²) < 4.78 is 0. The summed E-state index contributed by atoms with van der Waals surface area (Å²) in [5, 5.41) is 9.84. The van der Waals surface area contributed by atoms with Gasteiger partial charge in [0.1, 0.15) is 11.9 Å². The first-order valence-corrected chi connectivity index (χ1v) is 4.68. The third kappa shape index (κ3) is 2.43. The summed E-state index contributed by atoms with van der Waals surface area (Å²) in [5.41, 5.74) is 11.9. The van der Waals surface area contributed by atoms with Crippen molar-refractivity contribution in [3.05, 3.63) is 23.9 Å². The first-order chi connectivity index (χ1) is 6.52. The highest BCUT2D eigenvalue weighted by molar-refractivity contribution is 5.29. The molecule has 4 heteroatoms. The monoisotopic (exact) mass is 195 g/mol. The molecule has 0 saturated carbocycles. The predicted molar refractivity (Wildman–Crippen MR) is 56.4 cm³/mol. The third-order valence-corrected chi connectivity index (χ3v) is 2.23. The van der Waals surface area contributed by atoms with E-state index in [1.807, 2.05) is 13.8 Å². The Kier molecular flexibility index (Phi) is 3.43. The van der Waals surface area contributed by atoms with Crippen LogP contribution >= 0.6 is 0 Å². The molecule has 1 aromatic heterocycles. The van der Waals surface area contributed by atoms with Gasteiger partial charge in [-0.1, -0.05) is 19.9 Å². The first kappa shape index (κ1) is 10.9. The molecule has 0 aliphatic heterocycles. The first-order valence-electron chi connectivity index (χ1n) is 4.68. The molecule has 1 rings (SSSR count). The van der Waals surface area contributed by atoms with Gasteiger partial charge in [-0.15, -0.1) is 0 Å². The Morgan fingerprint density at radius 2 is 2.00 bits per heavy atom. The van der Waals surface area contributed by atoms with Gasteiger partial charge in [0.2, 0.25) is 0 Å². The van der Waals surface area contributed by atoms with Gasteiger partial charge in [0, 0.05) is 6.04 Å². The molecule has 78 valence electrons. The average molecular weight is 195 g/mol. The topological polar surface area (TPSA) is 85.2 Å².